The number of rotatable bonds is 1. The summed E-state index contributed by atoms with van der Waals surface area (Å²) in [6.07, 6.45) is 3.76. The van der Waals surface area contributed by atoms with Gasteiger partial charge in [-0.05, 0) is 43.0 Å². The molecule has 1 heterocycles. The molecule has 0 spiro atoms. The number of anilines is 1. The first-order chi connectivity index (χ1) is 8.77. The summed E-state index contributed by atoms with van der Waals surface area (Å²) in [4.78, 5) is 2.32. The summed E-state index contributed by atoms with van der Waals surface area (Å²) in [5, 5.41) is 12.8. The van der Waals surface area contributed by atoms with Crippen LogP contribution in [0.25, 0.3) is 10.8 Å². The van der Waals surface area contributed by atoms with Crippen molar-refractivity contribution in [3.05, 3.63) is 35.9 Å². The molecule has 2 aromatic rings. The lowest BCUT2D eigenvalue weighted by Crippen LogP contribution is -2.29. The molecule has 18 heavy (non-hydrogen) atoms. The van der Waals surface area contributed by atoms with Crippen molar-refractivity contribution in [2.24, 2.45) is 0 Å². The molecule has 0 radical (unpaired) electrons. The smallest absolute Gasteiger partial charge is 0.142 e. The van der Waals surface area contributed by atoms with E-state index >= 15 is 0 Å². The highest BCUT2D eigenvalue weighted by Gasteiger charge is 2.17. The van der Waals surface area contributed by atoms with Gasteiger partial charge in [-0.25, -0.2) is 0 Å². The van der Waals surface area contributed by atoms with Gasteiger partial charge in [0, 0.05) is 18.7 Å². The predicted octanol–water partition coefficient (Wildman–Crippen LogP) is 3.84. The molecule has 1 saturated heterocycles. The summed E-state index contributed by atoms with van der Waals surface area (Å²) in [6.45, 7) is 4.13. The maximum atomic E-state index is 10.4. The van der Waals surface area contributed by atoms with E-state index in [9.17, 15) is 5.11 Å². The van der Waals surface area contributed by atoms with Crippen LogP contribution in [0.15, 0.2) is 30.3 Å². The Balaban J connectivity index is 2.14. The molecule has 3 rings (SSSR count). The van der Waals surface area contributed by atoms with Crippen LogP contribution in [0.4, 0.5) is 5.69 Å². The number of fused-ring (bicyclic) bond motifs is 1. The van der Waals surface area contributed by atoms with Gasteiger partial charge in [0.2, 0.25) is 0 Å². The van der Waals surface area contributed by atoms with Crippen molar-refractivity contribution in [3.8, 4) is 5.75 Å². The SMILES string of the molecule is Cc1c(O)c(N2CCCCC2)cc2ccccc12. The second-order valence-electron chi connectivity index (χ2n) is 5.14. The van der Waals surface area contributed by atoms with E-state index in [1.165, 1.54) is 24.6 Å². The summed E-state index contributed by atoms with van der Waals surface area (Å²) in [6, 6.07) is 10.4. The zero-order valence-corrected chi connectivity index (χ0v) is 10.8. The van der Waals surface area contributed by atoms with E-state index in [-0.39, 0.29) is 0 Å². The molecule has 1 aliphatic heterocycles. The summed E-state index contributed by atoms with van der Waals surface area (Å²) < 4.78 is 0. The van der Waals surface area contributed by atoms with Gasteiger partial charge < -0.3 is 10.0 Å². The molecule has 0 atom stereocenters. The van der Waals surface area contributed by atoms with Crippen LogP contribution in [-0.2, 0) is 0 Å². The summed E-state index contributed by atoms with van der Waals surface area (Å²) in [5.41, 5.74) is 2.00. The van der Waals surface area contributed by atoms with Crippen LogP contribution in [0.1, 0.15) is 24.8 Å². The summed E-state index contributed by atoms with van der Waals surface area (Å²) in [7, 11) is 0. The van der Waals surface area contributed by atoms with Crippen molar-refractivity contribution < 1.29 is 5.11 Å². The van der Waals surface area contributed by atoms with Crippen molar-refractivity contribution >= 4 is 16.5 Å². The quantitative estimate of drug-likeness (QED) is 0.820. The molecule has 0 bridgehead atoms. The van der Waals surface area contributed by atoms with Gasteiger partial charge in [-0.15, -0.1) is 0 Å². The monoisotopic (exact) mass is 241 g/mol. The molecule has 1 fully saturated rings. The Morgan fingerprint density at radius 1 is 1.06 bits per heavy atom. The zero-order valence-electron chi connectivity index (χ0n) is 10.8. The van der Waals surface area contributed by atoms with Gasteiger partial charge in [0.05, 0.1) is 5.69 Å². The second kappa shape index (κ2) is 4.52. The Morgan fingerprint density at radius 3 is 2.56 bits per heavy atom. The number of piperidine rings is 1. The van der Waals surface area contributed by atoms with Crippen LogP contribution in [0, 0.1) is 6.92 Å². The average molecular weight is 241 g/mol. The van der Waals surface area contributed by atoms with Crippen molar-refractivity contribution in [3.63, 3.8) is 0 Å². The maximum Gasteiger partial charge on any atom is 0.142 e. The molecule has 2 aromatic carbocycles. The molecule has 2 nitrogen and oxygen atoms in total. The van der Waals surface area contributed by atoms with Gasteiger partial charge in [-0.2, -0.15) is 0 Å². The third-order valence-electron chi connectivity index (χ3n) is 3.95. The highest BCUT2D eigenvalue weighted by molar-refractivity contribution is 5.92. The van der Waals surface area contributed by atoms with Crippen molar-refractivity contribution in [2.75, 3.05) is 18.0 Å². The number of aryl methyl sites for hydroxylation is 1. The first kappa shape index (κ1) is 11.4. The van der Waals surface area contributed by atoms with Crippen molar-refractivity contribution in [1.82, 2.24) is 0 Å². The number of phenolic OH excluding ortho intramolecular Hbond substituents is 1. The molecule has 0 saturated carbocycles. The van der Waals surface area contributed by atoms with Gasteiger partial charge in [0.25, 0.3) is 0 Å². The van der Waals surface area contributed by atoms with Gasteiger partial charge in [0.15, 0.2) is 0 Å². The fourth-order valence-corrected chi connectivity index (χ4v) is 2.88. The Labute approximate surface area is 108 Å². The maximum absolute atomic E-state index is 10.4. The second-order valence-corrected chi connectivity index (χ2v) is 5.14. The van der Waals surface area contributed by atoms with Crippen LogP contribution >= 0.6 is 0 Å². The van der Waals surface area contributed by atoms with Gasteiger partial charge in [-0.1, -0.05) is 24.3 Å². The van der Waals surface area contributed by atoms with Crippen LogP contribution in [0.3, 0.4) is 0 Å². The van der Waals surface area contributed by atoms with E-state index in [1.54, 1.807) is 0 Å². The Hall–Kier alpha value is -1.70. The molecule has 1 aliphatic rings. The third-order valence-corrected chi connectivity index (χ3v) is 3.95. The van der Waals surface area contributed by atoms with E-state index in [0.29, 0.717) is 5.75 Å². The van der Waals surface area contributed by atoms with E-state index in [1.807, 2.05) is 13.0 Å². The Morgan fingerprint density at radius 2 is 1.78 bits per heavy atom. The van der Waals surface area contributed by atoms with Crippen LogP contribution in [0.5, 0.6) is 5.75 Å². The van der Waals surface area contributed by atoms with E-state index in [0.717, 1.165) is 29.7 Å². The lowest BCUT2D eigenvalue weighted by molar-refractivity contribution is 0.466. The minimum absolute atomic E-state index is 0.454. The lowest BCUT2D eigenvalue weighted by Gasteiger charge is -2.30. The van der Waals surface area contributed by atoms with Crippen molar-refractivity contribution in [1.29, 1.82) is 0 Å². The minimum Gasteiger partial charge on any atom is -0.505 e. The van der Waals surface area contributed by atoms with Crippen LogP contribution < -0.4 is 4.90 Å². The number of hydrogen-bond donors (Lipinski definition) is 1. The minimum atomic E-state index is 0.454. The molecule has 0 aliphatic carbocycles. The lowest BCUT2D eigenvalue weighted by atomic mass is 10.0. The number of hydrogen-bond acceptors (Lipinski definition) is 2. The van der Waals surface area contributed by atoms with Gasteiger partial charge in [-0.3, -0.25) is 0 Å². The van der Waals surface area contributed by atoms with Crippen LogP contribution in [-0.4, -0.2) is 18.2 Å². The van der Waals surface area contributed by atoms with E-state index in [4.69, 9.17) is 0 Å². The first-order valence-electron chi connectivity index (χ1n) is 6.73. The number of aromatic hydroxyl groups is 1. The molecule has 0 unspecified atom stereocenters. The number of nitrogens with zero attached hydrogens (tertiary/aromatic N) is 1. The molecular formula is C16H19NO. The Bertz CT molecular complexity index is 571. The molecular weight excluding hydrogens is 222 g/mol. The largest absolute Gasteiger partial charge is 0.505 e. The van der Waals surface area contributed by atoms with Gasteiger partial charge >= 0.3 is 0 Å². The highest BCUT2D eigenvalue weighted by Crippen LogP contribution is 2.37. The molecule has 0 aromatic heterocycles. The molecule has 94 valence electrons. The number of phenols is 1. The first-order valence-corrected chi connectivity index (χ1v) is 6.73. The fourth-order valence-electron chi connectivity index (χ4n) is 2.88. The molecule has 0 amide bonds. The van der Waals surface area contributed by atoms with E-state index in [2.05, 4.69) is 29.2 Å². The topological polar surface area (TPSA) is 23.5 Å². The predicted molar refractivity (Wildman–Crippen MR) is 76.4 cm³/mol. The highest BCUT2D eigenvalue weighted by atomic mass is 16.3. The fraction of sp³-hybridized carbons (Fsp3) is 0.375. The third kappa shape index (κ3) is 1.82. The molecule has 1 N–H and O–H groups in total. The standard InChI is InChI=1S/C16H19NO/c1-12-14-8-4-3-7-13(14)11-15(16(12)18)17-9-5-2-6-10-17/h3-4,7-8,11,18H,2,5-6,9-10H2,1H3. The number of benzene rings is 2. The normalized spacial score (nSPS) is 16.2. The van der Waals surface area contributed by atoms with Crippen LogP contribution in [0.2, 0.25) is 0 Å². The van der Waals surface area contributed by atoms with Crippen molar-refractivity contribution in [2.45, 2.75) is 26.2 Å². The van der Waals surface area contributed by atoms with E-state index < -0.39 is 0 Å². The zero-order chi connectivity index (χ0) is 12.5. The Kier molecular flexibility index (Phi) is 2.86. The van der Waals surface area contributed by atoms with Gasteiger partial charge in [0.1, 0.15) is 5.75 Å². The summed E-state index contributed by atoms with van der Waals surface area (Å²) >= 11 is 0. The summed E-state index contributed by atoms with van der Waals surface area (Å²) in [5.74, 6) is 0.454. The molecule has 2 heteroatoms. The average Bonchev–Trinajstić information content (AvgIpc) is 2.44.